The molecule has 2 radical (unpaired) electrons. The summed E-state index contributed by atoms with van der Waals surface area (Å²) in [5.74, 6) is -1.34. The summed E-state index contributed by atoms with van der Waals surface area (Å²) in [5.41, 5.74) is -0.00803. The molecule has 0 aliphatic rings. The highest BCUT2D eigenvalue weighted by Crippen LogP contribution is 2.29. The Morgan fingerprint density at radius 2 is 0.636 bits per heavy atom. The molecule has 2 N–H and O–H groups in total. The molecule has 33 heavy (non-hydrogen) atoms. The van der Waals surface area contributed by atoms with E-state index in [-0.39, 0.29) is 5.41 Å². The maximum absolute atomic E-state index is 10.5. The smallest absolute Gasteiger partial charge is 0.303 e. The van der Waals surface area contributed by atoms with Crippen molar-refractivity contribution in [3.63, 3.8) is 0 Å². The van der Waals surface area contributed by atoms with Gasteiger partial charge in [-0.1, -0.05) is 116 Å². The maximum Gasteiger partial charge on any atom is 0.303 e. The van der Waals surface area contributed by atoms with E-state index in [2.05, 4.69) is 13.8 Å². The molecule has 0 aromatic rings. The highest BCUT2D eigenvalue weighted by Gasteiger charge is 2.16. The molecule has 194 valence electrons. The SMILES string of the molecule is [CH2]C([CH2])(CCCCCCCCCCCCC(=O)O)CCCCCCCCCCCCC(=O)O. The lowest BCUT2D eigenvalue weighted by Crippen LogP contribution is -2.12. The van der Waals surface area contributed by atoms with Gasteiger partial charge in [0.1, 0.15) is 0 Å². The molecule has 0 aromatic carbocycles. The van der Waals surface area contributed by atoms with Crippen molar-refractivity contribution >= 4 is 11.9 Å². The quantitative estimate of drug-likeness (QED) is 0.125. The second-order valence-corrected chi connectivity index (χ2v) is 10.4. The van der Waals surface area contributed by atoms with Crippen LogP contribution in [-0.2, 0) is 9.59 Å². The molecule has 0 rings (SSSR count). The summed E-state index contributed by atoms with van der Waals surface area (Å²) in [7, 11) is 0. The molecule has 0 amide bonds. The van der Waals surface area contributed by atoms with Gasteiger partial charge in [-0.3, -0.25) is 9.59 Å². The van der Waals surface area contributed by atoms with Gasteiger partial charge in [0.2, 0.25) is 0 Å². The fourth-order valence-electron chi connectivity index (χ4n) is 4.51. The molecular weight excluding hydrogens is 412 g/mol. The topological polar surface area (TPSA) is 74.6 Å². The molecule has 0 heterocycles. The van der Waals surface area contributed by atoms with Gasteiger partial charge in [0.05, 0.1) is 0 Å². The zero-order chi connectivity index (χ0) is 24.6. The van der Waals surface area contributed by atoms with E-state index in [1.165, 1.54) is 103 Å². The fraction of sp³-hybridized carbons (Fsp3) is 0.862. The van der Waals surface area contributed by atoms with Gasteiger partial charge >= 0.3 is 11.9 Å². The van der Waals surface area contributed by atoms with Crippen molar-refractivity contribution in [1.82, 2.24) is 0 Å². The van der Waals surface area contributed by atoms with Crippen LogP contribution in [0.1, 0.15) is 154 Å². The van der Waals surface area contributed by atoms with E-state index in [0.717, 1.165) is 38.5 Å². The first kappa shape index (κ1) is 31.9. The lowest BCUT2D eigenvalue weighted by atomic mass is 9.81. The molecule has 0 saturated heterocycles. The third kappa shape index (κ3) is 27.1. The predicted octanol–water partition coefficient (Wildman–Crippen LogP) is 9.17. The molecule has 0 saturated carbocycles. The zero-order valence-electron chi connectivity index (χ0n) is 21.6. The fourth-order valence-corrected chi connectivity index (χ4v) is 4.51. The number of carboxylic acids is 2. The lowest BCUT2D eigenvalue weighted by molar-refractivity contribution is -0.138. The molecule has 4 nitrogen and oxygen atoms in total. The minimum atomic E-state index is -0.672. The first-order valence-electron chi connectivity index (χ1n) is 14.0. The Morgan fingerprint density at radius 1 is 0.424 bits per heavy atom. The molecule has 0 aliphatic heterocycles. The second kappa shape index (κ2) is 22.7. The first-order chi connectivity index (χ1) is 15.8. The molecule has 0 aliphatic carbocycles. The average molecular weight is 467 g/mol. The van der Waals surface area contributed by atoms with Crippen LogP contribution >= 0.6 is 0 Å². The normalized spacial score (nSPS) is 11.7. The van der Waals surface area contributed by atoms with E-state index in [9.17, 15) is 9.59 Å². The van der Waals surface area contributed by atoms with Gasteiger partial charge in [-0.25, -0.2) is 0 Å². The summed E-state index contributed by atoms with van der Waals surface area (Å²) >= 11 is 0. The summed E-state index contributed by atoms with van der Waals surface area (Å²) in [6, 6.07) is 0. The molecule has 0 aromatic heterocycles. The van der Waals surface area contributed by atoms with Crippen LogP contribution in [0.4, 0.5) is 0 Å². The van der Waals surface area contributed by atoms with Crippen molar-refractivity contribution in [3.8, 4) is 0 Å². The molecule has 0 unspecified atom stereocenters. The van der Waals surface area contributed by atoms with Crippen molar-refractivity contribution in [2.45, 2.75) is 154 Å². The maximum atomic E-state index is 10.5. The summed E-state index contributed by atoms with van der Waals surface area (Å²) < 4.78 is 0. The van der Waals surface area contributed by atoms with Crippen LogP contribution < -0.4 is 0 Å². The number of unbranched alkanes of at least 4 members (excludes halogenated alkanes) is 18. The number of carbonyl (C=O) groups is 2. The van der Waals surface area contributed by atoms with E-state index < -0.39 is 11.9 Å². The van der Waals surface area contributed by atoms with Crippen LogP contribution in [0.15, 0.2) is 0 Å². The molecular formula is C29H54O4. The summed E-state index contributed by atoms with van der Waals surface area (Å²) in [6.07, 6.45) is 27.0. The van der Waals surface area contributed by atoms with Crippen molar-refractivity contribution in [3.05, 3.63) is 13.8 Å². The van der Waals surface area contributed by atoms with Crippen LogP contribution in [0.25, 0.3) is 0 Å². The third-order valence-corrected chi connectivity index (χ3v) is 6.70. The molecule has 0 bridgehead atoms. The molecule has 0 atom stereocenters. The molecule has 4 heteroatoms. The van der Waals surface area contributed by atoms with Gasteiger partial charge in [0, 0.05) is 12.8 Å². The number of hydrogen-bond donors (Lipinski definition) is 2. The van der Waals surface area contributed by atoms with E-state index in [4.69, 9.17) is 10.2 Å². The minimum Gasteiger partial charge on any atom is -0.481 e. The van der Waals surface area contributed by atoms with Crippen molar-refractivity contribution in [2.24, 2.45) is 5.41 Å². The van der Waals surface area contributed by atoms with Crippen LogP contribution in [0.5, 0.6) is 0 Å². The van der Waals surface area contributed by atoms with E-state index in [1.54, 1.807) is 0 Å². The van der Waals surface area contributed by atoms with Gasteiger partial charge in [0.15, 0.2) is 0 Å². The Bertz CT molecular complexity index is 419. The highest BCUT2D eigenvalue weighted by atomic mass is 16.4. The van der Waals surface area contributed by atoms with Crippen LogP contribution in [0, 0.1) is 19.3 Å². The Balaban J connectivity index is 3.33. The van der Waals surface area contributed by atoms with Crippen LogP contribution in [-0.4, -0.2) is 22.2 Å². The van der Waals surface area contributed by atoms with Gasteiger partial charge in [-0.15, -0.1) is 0 Å². The van der Waals surface area contributed by atoms with Crippen molar-refractivity contribution in [1.29, 1.82) is 0 Å². The first-order valence-corrected chi connectivity index (χ1v) is 14.0. The molecule has 0 spiro atoms. The Morgan fingerprint density at radius 3 is 0.879 bits per heavy atom. The standard InChI is InChI=1S/C29H54O4/c1-29(2,25-21-17-13-9-5-3-7-11-15-19-23-27(30)31)26-22-18-14-10-6-4-8-12-16-20-24-28(32)33/h1-26H2,(H,30,31)(H,32,33). The average Bonchev–Trinajstić information content (AvgIpc) is 2.74. The second-order valence-electron chi connectivity index (χ2n) is 10.4. The van der Waals surface area contributed by atoms with Crippen molar-refractivity contribution < 1.29 is 19.8 Å². The van der Waals surface area contributed by atoms with Gasteiger partial charge < -0.3 is 10.2 Å². The number of rotatable bonds is 26. The molecule has 0 fully saturated rings. The number of carboxylic acid groups (broad SMARTS) is 2. The van der Waals surface area contributed by atoms with E-state index >= 15 is 0 Å². The monoisotopic (exact) mass is 466 g/mol. The van der Waals surface area contributed by atoms with Gasteiger partial charge in [0.25, 0.3) is 0 Å². The van der Waals surface area contributed by atoms with Crippen molar-refractivity contribution in [2.75, 3.05) is 0 Å². The number of aliphatic carboxylic acids is 2. The zero-order valence-corrected chi connectivity index (χ0v) is 21.6. The van der Waals surface area contributed by atoms with Gasteiger partial charge in [-0.2, -0.15) is 0 Å². The Labute approximate surface area is 205 Å². The predicted molar refractivity (Wildman–Crippen MR) is 139 cm³/mol. The van der Waals surface area contributed by atoms with Gasteiger partial charge in [-0.05, 0) is 44.9 Å². The summed E-state index contributed by atoms with van der Waals surface area (Å²) in [4.78, 5) is 20.9. The summed E-state index contributed by atoms with van der Waals surface area (Å²) in [5, 5.41) is 17.2. The number of hydrogen-bond acceptors (Lipinski definition) is 2. The van der Waals surface area contributed by atoms with E-state index in [0.29, 0.717) is 12.8 Å². The minimum absolute atomic E-state index is 0.00803. The summed E-state index contributed by atoms with van der Waals surface area (Å²) in [6.45, 7) is 8.75. The lowest BCUT2D eigenvalue weighted by Gasteiger charge is -2.24. The largest absolute Gasteiger partial charge is 0.481 e. The Kier molecular flexibility index (Phi) is 22.0. The van der Waals surface area contributed by atoms with E-state index in [1.807, 2.05) is 0 Å². The van der Waals surface area contributed by atoms with Crippen LogP contribution in [0.2, 0.25) is 0 Å². The highest BCUT2D eigenvalue weighted by molar-refractivity contribution is 5.66. The third-order valence-electron chi connectivity index (χ3n) is 6.70. The Hall–Kier alpha value is -1.06. The van der Waals surface area contributed by atoms with Crippen LogP contribution in [0.3, 0.4) is 0 Å².